The number of carboxylic acids is 1. The van der Waals surface area contributed by atoms with Gasteiger partial charge in [0, 0.05) is 10.0 Å². The van der Waals surface area contributed by atoms with Gasteiger partial charge in [0.05, 0.1) is 37.8 Å². The number of hydrogen-bond acceptors (Lipinski definition) is 13. The lowest BCUT2D eigenvalue weighted by molar-refractivity contribution is -0.155. The molecule has 0 amide bonds. The first-order valence-electron chi connectivity index (χ1n) is 16.4. The maximum atomic E-state index is 12.1. The quantitative estimate of drug-likeness (QED) is 0.0926. The van der Waals surface area contributed by atoms with Crippen LogP contribution in [0.15, 0.2) is 56.9 Å². The monoisotopic (exact) mass is 926 g/mol. The molecule has 0 aliphatic rings. The molecule has 18 heteroatoms. The number of methoxy groups -OCH3 is 1. The Morgan fingerprint density at radius 3 is 1.78 bits per heavy atom. The fraction of sp³-hybridized carbons (Fsp3) is 0.389. The average Bonchev–Trinajstić information content (AvgIpc) is 3.62. The highest BCUT2D eigenvalue weighted by molar-refractivity contribution is 9.11. The Morgan fingerprint density at radius 2 is 1.33 bits per heavy atom. The molecule has 0 bridgehead atoms. The third kappa shape index (κ3) is 16.2. The van der Waals surface area contributed by atoms with E-state index in [9.17, 15) is 24.3 Å². The molecule has 0 fully saturated rings. The van der Waals surface area contributed by atoms with Crippen LogP contribution in [0.25, 0.3) is 10.6 Å². The number of carboxylic acid groups (broad SMARTS) is 1. The van der Waals surface area contributed by atoms with Gasteiger partial charge in [-0.1, -0.05) is 77.2 Å². The van der Waals surface area contributed by atoms with Crippen molar-refractivity contribution in [3.8, 4) is 10.6 Å². The fourth-order valence-electron chi connectivity index (χ4n) is 4.26. The average molecular weight is 929 g/mol. The van der Waals surface area contributed by atoms with Gasteiger partial charge in [-0.15, -0.1) is 22.7 Å². The Kier molecular flexibility index (Phi) is 17.4. The molecule has 54 heavy (non-hydrogen) atoms. The molecule has 292 valence electrons. The number of halogens is 2. The molecule has 3 N–H and O–H groups in total. The summed E-state index contributed by atoms with van der Waals surface area (Å²) in [7, 11) is -1.60. The van der Waals surface area contributed by atoms with E-state index in [0.717, 1.165) is 10.0 Å². The Labute approximate surface area is 341 Å². The molecule has 0 saturated heterocycles. The van der Waals surface area contributed by atoms with Gasteiger partial charge in [0.25, 0.3) is 0 Å². The number of aromatic carboxylic acids is 1. The van der Waals surface area contributed by atoms with Crippen molar-refractivity contribution in [3.05, 3.63) is 78.1 Å². The molecular weight excluding hydrogens is 883 g/mol. The molecule has 0 spiro atoms. The van der Waals surface area contributed by atoms with E-state index in [1.54, 1.807) is 59.7 Å². The van der Waals surface area contributed by atoms with Crippen LogP contribution in [0.4, 0.5) is 0 Å². The third-order valence-corrected chi connectivity index (χ3v) is 11.7. The summed E-state index contributed by atoms with van der Waals surface area (Å²) in [6, 6.07) is 14.9. The summed E-state index contributed by atoms with van der Waals surface area (Å²) >= 11 is 8.84. The van der Waals surface area contributed by atoms with E-state index in [4.69, 9.17) is 19.5 Å². The van der Waals surface area contributed by atoms with Crippen molar-refractivity contribution in [2.75, 3.05) is 7.11 Å². The maximum Gasteiger partial charge on any atom is 0.488 e. The Balaban J connectivity index is 0.000000310. The zero-order chi connectivity index (χ0) is 41.2. The highest BCUT2D eigenvalue weighted by Gasteiger charge is 2.25. The van der Waals surface area contributed by atoms with Crippen molar-refractivity contribution in [3.63, 3.8) is 0 Å². The standard InChI is InChI=1S/C19H25NO4SSi.C11H14BrNO4S.C6H6BBrO2/c1-19(2,3)24-15(21)11-14-16(18(22)23)20-17(25-14)12-8-7-9-13(10-12)26(4,5)6;1-11(2,3)17-7(14)5-6-8(9(15)16-4)13-10(12)18-6;8-6-3-1-2-5(4-6)7(9)10/h7-10H,11H2,1-6H3,(H,22,23);5H2,1-4H3;1-4,9-10H. The van der Waals surface area contributed by atoms with Crippen molar-refractivity contribution in [2.45, 2.75) is 85.2 Å². The molecule has 2 aromatic carbocycles. The molecule has 12 nitrogen and oxygen atoms in total. The number of thiazole rings is 2. The Bertz CT molecular complexity index is 1930. The Hall–Kier alpha value is -3.26. The van der Waals surface area contributed by atoms with Crippen molar-refractivity contribution in [1.82, 2.24) is 9.97 Å². The van der Waals surface area contributed by atoms with Crippen LogP contribution < -0.4 is 10.6 Å². The highest BCUT2D eigenvalue weighted by atomic mass is 79.9. The predicted octanol–water partition coefficient (Wildman–Crippen LogP) is 6.64. The minimum atomic E-state index is -1.49. The van der Waals surface area contributed by atoms with E-state index in [1.165, 1.54) is 35.0 Å². The van der Waals surface area contributed by atoms with E-state index in [0.29, 0.717) is 24.1 Å². The summed E-state index contributed by atoms with van der Waals surface area (Å²) in [5, 5.41) is 28.7. The number of carbonyl (C=O) groups excluding carboxylic acids is 3. The number of benzene rings is 2. The van der Waals surface area contributed by atoms with Crippen LogP contribution in [0.5, 0.6) is 0 Å². The lowest BCUT2D eigenvalue weighted by Gasteiger charge is -2.19. The zero-order valence-corrected chi connectivity index (χ0v) is 37.6. The molecule has 0 aliphatic carbocycles. The Morgan fingerprint density at radius 1 is 0.796 bits per heavy atom. The molecule has 0 radical (unpaired) electrons. The fourth-order valence-corrected chi connectivity index (χ4v) is 8.42. The normalized spacial score (nSPS) is 11.3. The molecule has 0 unspecified atom stereocenters. The molecule has 0 atom stereocenters. The van der Waals surface area contributed by atoms with Crippen molar-refractivity contribution in [2.24, 2.45) is 0 Å². The number of esters is 3. The first-order valence-corrected chi connectivity index (χ1v) is 23.1. The lowest BCUT2D eigenvalue weighted by Crippen LogP contribution is -2.37. The number of hydrogen-bond donors (Lipinski definition) is 3. The summed E-state index contributed by atoms with van der Waals surface area (Å²) < 4.78 is 16.5. The summed E-state index contributed by atoms with van der Waals surface area (Å²) in [6.45, 7) is 17.5. The van der Waals surface area contributed by atoms with Crippen LogP contribution in [0.3, 0.4) is 0 Å². The number of aromatic nitrogens is 2. The lowest BCUT2D eigenvalue weighted by atomic mass is 9.81. The van der Waals surface area contributed by atoms with E-state index in [2.05, 4.69) is 78.3 Å². The van der Waals surface area contributed by atoms with Gasteiger partial charge in [0.15, 0.2) is 15.3 Å². The summed E-state index contributed by atoms with van der Waals surface area (Å²) in [5.74, 6) is -2.54. The van der Waals surface area contributed by atoms with E-state index >= 15 is 0 Å². The summed E-state index contributed by atoms with van der Waals surface area (Å²) in [6.07, 6.45) is -0.0880. The van der Waals surface area contributed by atoms with Gasteiger partial charge in [-0.3, -0.25) is 9.59 Å². The number of rotatable bonds is 9. The molecule has 0 aliphatic heterocycles. The molecular formula is C36H45BBr2N2O10S2Si. The van der Waals surface area contributed by atoms with E-state index in [-0.39, 0.29) is 24.2 Å². The smallest absolute Gasteiger partial charge is 0.476 e. The van der Waals surface area contributed by atoms with Crippen LogP contribution in [0.1, 0.15) is 72.3 Å². The topological polar surface area (TPSA) is 182 Å². The second-order valence-electron chi connectivity index (χ2n) is 14.6. The van der Waals surface area contributed by atoms with E-state index < -0.39 is 50.3 Å². The molecule has 4 aromatic rings. The van der Waals surface area contributed by atoms with Crippen LogP contribution >= 0.6 is 54.5 Å². The van der Waals surface area contributed by atoms with Gasteiger partial charge in [-0.05, 0) is 75.1 Å². The third-order valence-electron chi connectivity index (χ3n) is 6.52. The predicted molar refractivity (Wildman–Crippen MR) is 222 cm³/mol. The zero-order valence-electron chi connectivity index (χ0n) is 31.8. The minimum Gasteiger partial charge on any atom is -0.476 e. The van der Waals surface area contributed by atoms with Gasteiger partial charge in [-0.2, -0.15) is 0 Å². The minimum absolute atomic E-state index is 0.00493. The van der Waals surface area contributed by atoms with Crippen LogP contribution in [0.2, 0.25) is 19.6 Å². The number of nitrogens with zero attached hydrogens (tertiary/aromatic N) is 2. The second kappa shape index (κ2) is 20.1. The van der Waals surface area contributed by atoms with Gasteiger partial charge < -0.3 is 29.4 Å². The van der Waals surface area contributed by atoms with Gasteiger partial charge in [0.1, 0.15) is 16.2 Å². The number of ether oxygens (including phenoxy) is 3. The van der Waals surface area contributed by atoms with Gasteiger partial charge >= 0.3 is 31.0 Å². The number of carbonyl (C=O) groups is 4. The SMILES string of the molecule is CC(C)(C)OC(=O)Cc1sc(-c2cccc([Si](C)(C)C)c2)nc1C(=O)O.COC(=O)c1nc(Br)sc1CC(=O)OC(C)(C)C.OB(O)c1cccc(Br)c1. The first kappa shape index (κ1) is 46.9. The first-order chi connectivity index (χ1) is 24.8. The largest absolute Gasteiger partial charge is 0.488 e. The summed E-state index contributed by atoms with van der Waals surface area (Å²) in [4.78, 5) is 56.0. The molecule has 2 aromatic heterocycles. The van der Waals surface area contributed by atoms with Crippen LogP contribution in [0, 0.1) is 0 Å². The molecule has 4 rings (SSSR count). The van der Waals surface area contributed by atoms with E-state index in [1.807, 2.05) is 18.2 Å². The van der Waals surface area contributed by atoms with Crippen molar-refractivity contribution >= 4 is 104 Å². The van der Waals surface area contributed by atoms with Crippen LogP contribution in [-0.2, 0) is 36.6 Å². The van der Waals surface area contributed by atoms with Gasteiger partial charge in [0.2, 0.25) is 0 Å². The van der Waals surface area contributed by atoms with Crippen LogP contribution in [-0.4, -0.2) is 82.5 Å². The molecule has 0 saturated carbocycles. The summed E-state index contributed by atoms with van der Waals surface area (Å²) in [5.41, 5.74) is 0.293. The molecule has 2 heterocycles. The van der Waals surface area contributed by atoms with Crippen molar-refractivity contribution < 1.29 is 48.5 Å². The van der Waals surface area contributed by atoms with Gasteiger partial charge in [-0.25, -0.2) is 19.6 Å². The second-order valence-corrected chi connectivity index (χ2v) is 24.0. The maximum absolute atomic E-state index is 12.1. The van der Waals surface area contributed by atoms with Crippen molar-refractivity contribution in [1.29, 1.82) is 0 Å². The highest BCUT2D eigenvalue weighted by Crippen LogP contribution is 2.29.